The number of quaternary nitrogens is 1. The van der Waals surface area contributed by atoms with Gasteiger partial charge in [-0.05, 0) is 55.5 Å². The first-order valence-corrected chi connectivity index (χ1v) is 9.63. The van der Waals surface area contributed by atoms with Crippen LogP contribution in [0, 0.1) is 0 Å². The van der Waals surface area contributed by atoms with Gasteiger partial charge in [0.2, 0.25) is 5.91 Å². The van der Waals surface area contributed by atoms with Crippen LogP contribution < -0.4 is 20.3 Å². The number of hydrogen-bond acceptors (Lipinski definition) is 3. The molecule has 1 fully saturated rings. The predicted octanol–water partition coefficient (Wildman–Crippen LogP) is 2.23. The zero-order chi connectivity index (χ0) is 20.1. The molecule has 1 unspecified atom stereocenters. The first-order valence-electron chi connectivity index (χ1n) is 9.63. The van der Waals surface area contributed by atoms with Gasteiger partial charge in [-0.25, -0.2) is 0 Å². The Kier molecular flexibility index (Phi) is 6.31. The minimum atomic E-state index is -0.162. The molecule has 3 rings (SSSR count). The van der Waals surface area contributed by atoms with Crippen LogP contribution in [0.2, 0.25) is 0 Å². The maximum Gasteiger partial charge on any atom is 0.282 e. The lowest BCUT2D eigenvalue weighted by Crippen LogP contribution is -3.16. The zero-order valence-corrected chi connectivity index (χ0v) is 16.6. The highest BCUT2D eigenvalue weighted by atomic mass is 16.5. The highest BCUT2D eigenvalue weighted by Gasteiger charge is 2.39. The molecule has 2 amide bonds. The summed E-state index contributed by atoms with van der Waals surface area (Å²) in [5.41, 5.74) is 2.64. The normalized spacial score (nSPS) is 15.4. The molecule has 1 aliphatic carbocycles. The van der Waals surface area contributed by atoms with E-state index in [9.17, 15) is 9.59 Å². The topological polar surface area (TPSA) is 71.9 Å². The molecule has 2 atom stereocenters. The number of carbonyl (C=O) groups is 2. The van der Waals surface area contributed by atoms with Gasteiger partial charge in [-0.2, -0.15) is 0 Å². The molecule has 28 heavy (non-hydrogen) atoms. The van der Waals surface area contributed by atoms with E-state index in [0.717, 1.165) is 30.8 Å². The van der Waals surface area contributed by atoms with Crippen molar-refractivity contribution in [3.05, 3.63) is 54.1 Å². The van der Waals surface area contributed by atoms with E-state index >= 15 is 0 Å². The van der Waals surface area contributed by atoms with Crippen LogP contribution in [-0.4, -0.2) is 31.0 Å². The highest BCUT2D eigenvalue weighted by Crippen LogP contribution is 2.18. The fourth-order valence-electron chi connectivity index (χ4n) is 3.34. The third-order valence-electron chi connectivity index (χ3n) is 5.09. The number of nitrogens with one attached hydrogen (secondary N) is 3. The van der Waals surface area contributed by atoms with Crippen molar-refractivity contribution in [3.63, 3.8) is 0 Å². The maximum atomic E-state index is 12.8. The van der Waals surface area contributed by atoms with Gasteiger partial charge in [-0.1, -0.05) is 0 Å². The minimum Gasteiger partial charge on any atom is -0.497 e. The summed E-state index contributed by atoms with van der Waals surface area (Å²) in [6, 6.07) is 15.6. The predicted molar refractivity (Wildman–Crippen MR) is 110 cm³/mol. The Labute approximate surface area is 165 Å². The summed E-state index contributed by atoms with van der Waals surface area (Å²) in [6.07, 6.45) is 2.32. The molecule has 1 saturated carbocycles. The summed E-state index contributed by atoms with van der Waals surface area (Å²) in [4.78, 5) is 25.2. The lowest BCUT2D eigenvalue weighted by molar-refractivity contribution is -0.938. The second kappa shape index (κ2) is 8.89. The first-order chi connectivity index (χ1) is 13.5. The second-order valence-electron chi connectivity index (χ2n) is 7.34. The van der Waals surface area contributed by atoms with E-state index in [1.165, 1.54) is 17.4 Å². The second-order valence-corrected chi connectivity index (χ2v) is 7.34. The van der Waals surface area contributed by atoms with Gasteiger partial charge in [0, 0.05) is 36.7 Å². The molecule has 0 bridgehead atoms. The first kappa shape index (κ1) is 19.9. The summed E-state index contributed by atoms with van der Waals surface area (Å²) in [7, 11) is 1.66. The van der Waals surface area contributed by atoms with Crippen LogP contribution in [0.4, 0.5) is 11.4 Å². The zero-order valence-electron chi connectivity index (χ0n) is 16.6. The smallest absolute Gasteiger partial charge is 0.282 e. The average Bonchev–Trinajstić information content (AvgIpc) is 3.52. The number of hydrogen-bond donors (Lipinski definition) is 3. The number of methoxy groups -OCH3 is 1. The molecule has 0 aromatic heterocycles. The lowest BCUT2D eigenvalue weighted by atomic mass is 10.1. The van der Waals surface area contributed by atoms with E-state index in [1.54, 1.807) is 31.4 Å². The molecule has 6 heteroatoms. The number of amides is 2. The Hall–Kier alpha value is -2.86. The van der Waals surface area contributed by atoms with E-state index in [2.05, 4.69) is 22.8 Å². The van der Waals surface area contributed by atoms with Crippen LogP contribution in [0.5, 0.6) is 5.75 Å². The number of ether oxygens (including phenoxy) is 1. The summed E-state index contributed by atoms with van der Waals surface area (Å²) < 4.78 is 5.22. The van der Waals surface area contributed by atoms with Crippen molar-refractivity contribution in [2.24, 2.45) is 0 Å². The van der Waals surface area contributed by atoms with Crippen LogP contribution in [0.15, 0.2) is 48.5 Å². The van der Waals surface area contributed by atoms with Crippen molar-refractivity contribution in [3.8, 4) is 5.75 Å². The van der Waals surface area contributed by atoms with Gasteiger partial charge in [0.25, 0.3) is 5.91 Å². The number of anilines is 2. The highest BCUT2D eigenvalue weighted by molar-refractivity contribution is 5.94. The molecule has 2 aromatic carbocycles. The molecule has 0 heterocycles. The van der Waals surface area contributed by atoms with E-state index in [0.29, 0.717) is 11.7 Å². The van der Waals surface area contributed by atoms with Crippen molar-refractivity contribution in [2.75, 3.05) is 17.7 Å². The fraction of sp³-hybridized carbons (Fsp3) is 0.364. The number of benzene rings is 2. The Morgan fingerprint density at radius 1 is 1.04 bits per heavy atom. The van der Waals surface area contributed by atoms with Gasteiger partial charge in [-0.3, -0.25) is 9.59 Å². The van der Waals surface area contributed by atoms with Gasteiger partial charge in [0.15, 0.2) is 6.04 Å². The largest absolute Gasteiger partial charge is 0.497 e. The van der Waals surface area contributed by atoms with Crippen molar-refractivity contribution in [1.29, 1.82) is 0 Å². The number of carbonyl (C=O) groups excluding carboxylic acids is 2. The molecule has 148 valence electrons. The Morgan fingerprint density at radius 2 is 1.61 bits per heavy atom. The molecule has 0 aliphatic heterocycles. The molecule has 3 N–H and O–H groups in total. The van der Waals surface area contributed by atoms with Crippen LogP contribution >= 0.6 is 0 Å². The standard InChI is InChI=1S/C22H27N3O3/c1-15(22(27)24-19-8-6-18(7-9-19)23-16(2)26)25(20-10-11-20)14-17-4-12-21(28-3)13-5-17/h4-9,12-13,15,20H,10-11,14H2,1-3H3,(H,23,26)(H,24,27)/p+1/t15-/m1/s1. The Morgan fingerprint density at radius 3 is 2.11 bits per heavy atom. The van der Waals surface area contributed by atoms with Crippen molar-refractivity contribution < 1.29 is 19.2 Å². The Balaban J connectivity index is 1.62. The molecule has 1 aliphatic rings. The van der Waals surface area contributed by atoms with Crippen LogP contribution in [0.1, 0.15) is 32.3 Å². The van der Waals surface area contributed by atoms with Gasteiger partial charge in [0.1, 0.15) is 12.3 Å². The third-order valence-corrected chi connectivity index (χ3v) is 5.09. The number of rotatable bonds is 8. The summed E-state index contributed by atoms with van der Waals surface area (Å²) in [5, 5.41) is 5.72. The molecule has 0 saturated heterocycles. The summed E-state index contributed by atoms with van der Waals surface area (Å²) in [6.45, 7) is 4.26. The van der Waals surface area contributed by atoms with E-state index in [4.69, 9.17) is 4.74 Å². The van der Waals surface area contributed by atoms with Crippen LogP contribution in [-0.2, 0) is 16.1 Å². The molecular weight excluding hydrogens is 354 g/mol. The molecule has 0 spiro atoms. The Bertz CT molecular complexity index is 814. The fourth-order valence-corrected chi connectivity index (χ4v) is 3.34. The third kappa shape index (κ3) is 5.33. The van der Waals surface area contributed by atoms with Crippen LogP contribution in [0.3, 0.4) is 0 Å². The van der Waals surface area contributed by atoms with E-state index in [1.807, 2.05) is 19.1 Å². The lowest BCUT2D eigenvalue weighted by Gasteiger charge is -2.25. The summed E-state index contributed by atoms with van der Waals surface area (Å²) in [5.74, 6) is 0.723. The van der Waals surface area contributed by atoms with Crippen molar-refractivity contribution in [1.82, 2.24) is 0 Å². The molecule has 0 radical (unpaired) electrons. The quantitative estimate of drug-likeness (QED) is 0.656. The van der Waals surface area contributed by atoms with E-state index < -0.39 is 0 Å². The van der Waals surface area contributed by atoms with Crippen molar-refractivity contribution >= 4 is 23.2 Å². The summed E-state index contributed by atoms with van der Waals surface area (Å²) >= 11 is 0. The van der Waals surface area contributed by atoms with Crippen LogP contribution in [0.25, 0.3) is 0 Å². The maximum absolute atomic E-state index is 12.8. The SMILES string of the molecule is COc1ccc(C[NH+](C2CC2)[C@H](C)C(=O)Nc2ccc(NC(C)=O)cc2)cc1. The van der Waals surface area contributed by atoms with Crippen molar-refractivity contribution in [2.45, 2.75) is 45.3 Å². The molecule has 6 nitrogen and oxygen atoms in total. The molecule has 2 aromatic rings. The minimum absolute atomic E-state index is 0.00249. The van der Waals surface area contributed by atoms with Gasteiger partial charge < -0.3 is 20.3 Å². The van der Waals surface area contributed by atoms with Gasteiger partial charge in [0.05, 0.1) is 13.2 Å². The van der Waals surface area contributed by atoms with Gasteiger partial charge in [-0.15, -0.1) is 0 Å². The average molecular weight is 382 g/mol. The molecular formula is C22H28N3O3+. The van der Waals surface area contributed by atoms with E-state index in [-0.39, 0.29) is 17.9 Å². The monoisotopic (exact) mass is 382 g/mol. The van der Waals surface area contributed by atoms with Gasteiger partial charge >= 0.3 is 0 Å².